The van der Waals surface area contributed by atoms with Crippen LogP contribution in [-0.2, 0) is 21.2 Å². The largest absolute Gasteiger partial charge is 0.480 e. The summed E-state index contributed by atoms with van der Waals surface area (Å²) in [6.07, 6.45) is -0.00111. The predicted octanol–water partition coefficient (Wildman–Crippen LogP) is 1.91. The first-order valence-electron chi connectivity index (χ1n) is 7.22. The van der Waals surface area contributed by atoms with Gasteiger partial charge in [0.15, 0.2) is 0 Å². The van der Waals surface area contributed by atoms with Crippen LogP contribution in [0.1, 0.15) is 5.56 Å². The van der Waals surface area contributed by atoms with Crippen molar-refractivity contribution >= 4 is 21.7 Å². The molecule has 9 heteroatoms. The third kappa shape index (κ3) is 4.20. The SMILES string of the molecule is CN(C(Cc1ccccc1)C(=O)O)S(=O)(=O)c1ccc([N+](=O)[O-])cc1. The second kappa shape index (κ2) is 7.41. The van der Waals surface area contributed by atoms with Gasteiger partial charge in [-0.25, -0.2) is 8.42 Å². The average molecular weight is 364 g/mol. The third-order valence-electron chi connectivity index (χ3n) is 3.72. The van der Waals surface area contributed by atoms with Gasteiger partial charge in [0.25, 0.3) is 5.69 Å². The Hall–Kier alpha value is -2.78. The van der Waals surface area contributed by atoms with Gasteiger partial charge >= 0.3 is 5.97 Å². The second-order valence-electron chi connectivity index (χ2n) is 5.32. The fourth-order valence-electron chi connectivity index (χ4n) is 2.28. The molecule has 0 heterocycles. The van der Waals surface area contributed by atoms with Crippen LogP contribution in [0.5, 0.6) is 0 Å². The molecular formula is C16H16N2O6S. The number of carboxylic acid groups (broad SMARTS) is 1. The fraction of sp³-hybridized carbons (Fsp3) is 0.188. The van der Waals surface area contributed by atoms with E-state index < -0.39 is 27.0 Å². The van der Waals surface area contributed by atoms with Gasteiger partial charge in [0.2, 0.25) is 10.0 Å². The van der Waals surface area contributed by atoms with Crippen molar-refractivity contribution in [1.82, 2.24) is 4.31 Å². The van der Waals surface area contributed by atoms with E-state index in [1.165, 1.54) is 7.05 Å². The molecule has 1 unspecified atom stereocenters. The fourth-order valence-corrected chi connectivity index (χ4v) is 3.59. The van der Waals surface area contributed by atoms with Crippen molar-refractivity contribution in [2.45, 2.75) is 17.4 Å². The number of carboxylic acids is 1. The van der Waals surface area contributed by atoms with Gasteiger partial charge in [-0.05, 0) is 24.1 Å². The van der Waals surface area contributed by atoms with E-state index in [1.807, 2.05) is 0 Å². The molecule has 0 fully saturated rings. The van der Waals surface area contributed by atoms with Gasteiger partial charge in [0.05, 0.1) is 9.82 Å². The molecule has 132 valence electrons. The maximum atomic E-state index is 12.6. The van der Waals surface area contributed by atoms with Gasteiger partial charge in [0.1, 0.15) is 6.04 Å². The number of benzene rings is 2. The van der Waals surface area contributed by atoms with Crippen LogP contribution in [0, 0.1) is 10.1 Å². The molecule has 8 nitrogen and oxygen atoms in total. The Labute approximate surface area is 144 Å². The lowest BCUT2D eigenvalue weighted by atomic mass is 10.1. The highest BCUT2D eigenvalue weighted by Gasteiger charge is 2.33. The van der Waals surface area contributed by atoms with Gasteiger partial charge in [-0.15, -0.1) is 0 Å². The summed E-state index contributed by atoms with van der Waals surface area (Å²) >= 11 is 0. The maximum absolute atomic E-state index is 12.6. The number of rotatable bonds is 7. The molecule has 1 atom stereocenters. The minimum atomic E-state index is -4.12. The number of likely N-dealkylation sites (N-methyl/N-ethyl adjacent to an activating group) is 1. The van der Waals surface area contributed by atoms with E-state index in [0.717, 1.165) is 28.6 Å². The lowest BCUT2D eigenvalue weighted by molar-refractivity contribution is -0.384. The van der Waals surface area contributed by atoms with E-state index in [1.54, 1.807) is 30.3 Å². The Kier molecular flexibility index (Phi) is 5.50. The van der Waals surface area contributed by atoms with Crippen molar-refractivity contribution in [3.63, 3.8) is 0 Å². The van der Waals surface area contributed by atoms with Gasteiger partial charge in [-0.2, -0.15) is 4.31 Å². The Bertz CT molecular complexity index is 865. The van der Waals surface area contributed by atoms with Gasteiger partial charge in [0, 0.05) is 19.2 Å². The van der Waals surface area contributed by atoms with Crippen LogP contribution in [-0.4, -0.2) is 41.8 Å². The van der Waals surface area contributed by atoms with Crippen LogP contribution in [0.2, 0.25) is 0 Å². The highest BCUT2D eigenvalue weighted by molar-refractivity contribution is 7.89. The lowest BCUT2D eigenvalue weighted by Gasteiger charge is -2.24. The summed E-state index contributed by atoms with van der Waals surface area (Å²) in [7, 11) is -2.94. The number of sulfonamides is 1. The standard InChI is InChI=1S/C16H16N2O6S/c1-17(15(16(19)20)11-12-5-3-2-4-6-12)25(23,24)14-9-7-13(8-10-14)18(21)22/h2-10,15H,11H2,1H3,(H,19,20). The first-order chi connectivity index (χ1) is 11.7. The number of non-ortho nitro benzene ring substituents is 1. The smallest absolute Gasteiger partial charge is 0.322 e. The van der Waals surface area contributed by atoms with E-state index in [2.05, 4.69) is 0 Å². The van der Waals surface area contributed by atoms with E-state index in [9.17, 15) is 28.4 Å². The minimum absolute atomic E-state index is 0.00111. The molecule has 2 aromatic carbocycles. The number of nitrogens with zero attached hydrogens (tertiary/aromatic N) is 2. The quantitative estimate of drug-likeness (QED) is 0.592. The van der Waals surface area contributed by atoms with Crippen LogP contribution in [0.25, 0.3) is 0 Å². The molecule has 0 saturated heterocycles. The number of nitro groups is 1. The lowest BCUT2D eigenvalue weighted by Crippen LogP contribution is -2.43. The maximum Gasteiger partial charge on any atom is 0.322 e. The highest BCUT2D eigenvalue weighted by atomic mass is 32.2. The van der Waals surface area contributed by atoms with Crippen LogP contribution in [0.4, 0.5) is 5.69 Å². The molecule has 25 heavy (non-hydrogen) atoms. The van der Waals surface area contributed by atoms with Crippen molar-refractivity contribution in [2.75, 3.05) is 7.05 Å². The van der Waals surface area contributed by atoms with Gasteiger partial charge in [-0.1, -0.05) is 30.3 Å². The average Bonchev–Trinajstić information content (AvgIpc) is 2.59. The zero-order valence-corrected chi connectivity index (χ0v) is 14.1. The summed E-state index contributed by atoms with van der Waals surface area (Å²) in [5, 5.41) is 20.1. The van der Waals surface area contributed by atoms with E-state index in [0.29, 0.717) is 5.56 Å². The Morgan fingerprint density at radius 3 is 2.20 bits per heavy atom. The van der Waals surface area contributed by atoms with Crippen molar-refractivity contribution < 1.29 is 23.2 Å². The molecule has 0 spiro atoms. The van der Waals surface area contributed by atoms with Gasteiger partial charge in [-0.3, -0.25) is 14.9 Å². The van der Waals surface area contributed by atoms with Crippen LogP contribution in [0.3, 0.4) is 0 Å². The molecule has 2 aromatic rings. The molecule has 0 bridgehead atoms. The van der Waals surface area contributed by atoms with E-state index in [4.69, 9.17) is 0 Å². The molecule has 0 amide bonds. The molecule has 0 aliphatic carbocycles. The first kappa shape index (κ1) is 18.6. The van der Waals surface area contributed by atoms with Crippen LogP contribution in [0.15, 0.2) is 59.5 Å². The number of carbonyl (C=O) groups is 1. The monoisotopic (exact) mass is 364 g/mol. The second-order valence-corrected chi connectivity index (χ2v) is 7.31. The van der Waals surface area contributed by atoms with Crippen molar-refractivity contribution in [2.24, 2.45) is 0 Å². The highest BCUT2D eigenvalue weighted by Crippen LogP contribution is 2.21. The predicted molar refractivity (Wildman–Crippen MR) is 89.6 cm³/mol. The zero-order valence-electron chi connectivity index (χ0n) is 13.3. The van der Waals surface area contributed by atoms with Gasteiger partial charge < -0.3 is 5.11 Å². The molecule has 2 rings (SSSR count). The molecule has 1 N–H and O–H groups in total. The van der Waals surface area contributed by atoms with E-state index in [-0.39, 0.29) is 17.0 Å². The summed E-state index contributed by atoms with van der Waals surface area (Å²) in [5.74, 6) is -1.28. The Balaban J connectivity index is 2.31. The summed E-state index contributed by atoms with van der Waals surface area (Å²) in [6.45, 7) is 0. The summed E-state index contributed by atoms with van der Waals surface area (Å²) < 4.78 is 26.1. The molecule has 0 aliphatic heterocycles. The molecule has 0 saturated carbocycles. The molecule has 0 aliphatic rings. The summed E-state index contributed by atoms with van der Waals surface area (Å²) in [5.41, 5.74) is 0.432. The zero-order chi connectivity index (χ0) is 18.6. The third-order valence-corrected chi connectivity index (χ3v) is 5.60. The van der Waals surface area contributed by atoms with Crippen molar-refractivity contribution in [3.8, 4) is 0 Å². The molecule has 0 radical (unpaired) electrons. The Morgan fingerprint density at radius 1 is 1.16 bits per heavy atom. The van der Waals surface area contributed by atoms with Crippen molar-refractivity contribution in [1.29, 1.82) is 0 Å². The number of hydrogen-bond donors (Lipinski definition) is 1. The normalized spacial score (nSPS) is 12.7. The molecular weight excluding hydrogens is 348 g/mol. The van der Waals surface area contributed by atoms with Crippen LogP contribution >= 0.6 is 0 Å². The summed E-state index contributed by atoms with van der Waals surface area (Å²) in [4.78, 5) is 21.4. The number of hydrogen-bond acceptors (Lipinski definition) is 5. The van der Waals surface area contributed by atoms with Crippen LogP contribution < -0.4 is 0 Å². The minimum Gasteiger partial charge on any atom is -0.480 e. The van der Waals surface area contributed by atoms with Crippen molar-refractivity contribution in [3.05, 3.63) is 70.3 Å². The topological polar surface area (TPSA) is 118 Å². The first-order valence-corrected chi connectivity index (χ1v) is 8.66. The molecule has 0 aromatic heterocycles. The summed E-state index contributed by atoms with van der Waals surface area (Å²) in [6, 6.07) is 11.7. The number of aliphatic carboxylic acids is 1. The Morgan fingerprint density at radius 2 is 1.72 bits per heavy atom. The number of nitro benzene ring substituents is 1. The van der Waals surface area contributed by atoms with E-state index >= 15 is 0 Å².